The van der Waals surface area contributed by atoms with Gasteiger partial charge in [0.15, 0.2) is 5.65 Å². The smallest absolute Gasteiger partial charge is 0.326 e. The lowest BCUT2D eigenvalue weighted by molar-refractivity contribution is -0.115. The maximum atomic E-state index is 13.3. The van der Waals surface area contributed by atoms with E-state index >= 15 is 0 Å². The van der Waals surface area contributed by atoms with Crippen LogP contribution in [0.3, 0.4) is 0 Å². The zero-order valence-electron chi connectivity index (χ0n) is 15.9. The molecule has 1 saturated heterocycles. The van der Waals surface area contributed by atoms with Gasteiger partial charge in [-0.1, -0.05) is 22.0 Å². The Kier molecular flexibility index (Phi) is 4.77. The van der Waals surface area contributed by atoms with Gasteiger partial charge in [0.05, 0.1) is 6.20 Å². The van der Waals surface area contributed by atoms with Crippen LogP contribution in [0.4, 0.5) is 21.1 Å². The van der Waals surface area contributed by atoms with Crippen LogP contribution in [0, 0.1) is 5.82 Å². The van der Waals surface area contributed by atoms with Gasteiger partial charge >= 0.3 is 6.03 Å². The number of carbonyl (C=O) groups is 2. The maximum Gasteiger partial charge on any atom is 0.326 e. The number of urea groups is 1. The van der Waals surface area contributed by atoms with Gasteiger partial charge in [-0.25, -0.2) is 9.18 Å². The molecule has 12 heteroatoms. The Hall–Kier alpha value is -3.54. The maximum absolute atomic E-state index is 13.3. The second kappa shape index (κ2) is 7.61. The summed E-state index contributed by atoms with van der Waals surface area (Å²) in [6.45, 7) is 0.364. The third-order valence-electron chi connectivity index (χ3n) is 4.78. The molecule has 158 valence electrons. The number of nitrogens with one attached hydrogen (secondary N) is 4. The van der Waals surface area contributed by atoms with Gasteiger partial charge in [0.2, 0.25) is 11.9 Å². The molecule has 3 aromatic rings. The molecular formula is C19H16BrFN8O2. The van der Waals surface area contributed by atoms with Crippen LogP contribution in [0.1, 0.15) is 24.0 Å². The van der Waals surface area contributed by atoms with Crippen LogP contribution in [-0.2, 0) is 11.3 Å². The van der Waals surface area contributed by atoms with Gasteiger partial charge in [-0.05, 0) is 36.6 Å². The molecule has 1 aromatic carbocycles. The fraction of sp³-hybridized carbons (Fsp3) is 0.211. The SMILES string of the molecule is O=C1NC(=O)C(=Cc2cnn3c(NC4CC4)nc(NCc4ccc(F)cc4Br)nc23)N1. The van der Waals surface area contributed by atoms with Crippen molar-refractivity contribution in [2.75, 3.05) is 10.6 Å². The number of carbonyl (C=O) groups excluding carboxylic acids is 2. The van der Waals surface area contributed by atoms with E-state index in [2.05, 4.69) is 52.3 Å². The summed E-state index contributed by atoms with van der Waals surface area (Å²) in [7, 11) is 0. The zero-order chi connectivity index (χ0) is 21.5. The summed E-state index contributed by atoms with van der Waals surface area (Å²) in [4.78, 5) is 32.3. The fourth-order valence-corrected chi connectivity index (χ4v) is 3.55. The first-order chi connectivity index (χ1) is 15.0. The number of halogens is 2. The first-order valence-electron chi connectivity index (χ1n) is 9.50. The van der Waals surface area contributed by atoms with Crippen molar-refractivity contribution in [3.63, 3.8) is 0 Å². The Morgan fingerprint density at radius 2 is 2.10 bits per heavy atom. The normalized spacial score (nSPS) is 17.2. The molecule has 0 spiro atoms. The van der Waals surface area contributed by atoms with E-state index in [4.69, 9.17) is 0 Å². The minimum Gasteiger partial charge on any atom is -0.351 e. The molecule has 3 amide bonds. The van der Waals surface area contributed by atoms with Gasteiger partial charge in [0.1, 0.15) is 11.5 Å². The van der Waals surface area contributed by atoms with Crippen molar-refractivity contribution in [2.24, 2.45) is 0 Å². The summed E-state index contributed by atoms with van der Waals surface area (Å²) in [5, 5.41) is 15.4. The lowest BCUT2D eigenvalue weighted by atomic mass is 10.2. The van der Waals surface area contributed by atoms with Crippen molar-refractivity contribution in [1.82, 2.24) is 30.2 Å². The van der Waals surface area contributed by atoms with Crippen molar-refractivity contribution in [3.8, 4) is 0 Å². The van der Waals surface area contributed by atoms with Crippen LogP contribution in [0.5, 0.6) is 0 Å². The Balaban J connectivity index is 1.49. The van der Waals surface area contributed by atoms with Crippen molar-refractivity contribution >= 4 is 51.5 Å². The van der Waals surface area contributed by atoms with Crippen molar-refractivity contribution in [3.05, 3.63) is 51.5 Å². The largest absolute Gasteiger partial charge is 0.351 e. The summed E-state index contributed by atoms with van der Waals surface area (Å²) in [6.07, 6.45) is 5.15. The number of nitrogens with zero attached hydrogens (tertiary/aromatic N) is 4. The van der Waals surface area contributed by atoms with Crippen molar-refractivity contribution in [1.29, 1.82) is 0 Å². The minimum atomic E-state index is -0.578. The second-order valence-electron chi connectivity index (χ2n) is 7.18. The van der Waals surface area contributed by atoms with Crippen LogP contribution in [0.25, 0.3) is 11.7 Å². The molecule has 4 N–H and O–H groups in total. The Morgan fingerprint density at radius 1 is 1.26 bits per heavy atom. The molecule has 2 aromatic heterocycles. The number of hydrogen-bond acceptors (Lipinski definition) is 7. The number of aromatic nitrogens is 4. The molecule has 31 heavy (non-hydrogen) atoms. The first-order valence-corrected chi connectivity index (χ1v) is 10.3. The molecule has 0 bridgehead atoms. The van der Waals surface area contributed by atoms with Gasteiger partial charge in [0, 0.05) is 22.6 Å². The van der Waals surface area contributed by atoms with Gasteiger partial charge in [-0.3, -0.25) is 10.1 Å². The predicted octanol–water partition coefficient (Wildman–Crippen LogP) is 2.39. The minimum absolute atomic E-state index is 0.111. The second-order valence-corrected chi connectivity index (χ2v) is 8.03. The third kappa shape index (κ3) is 4.06. The van der Waals surface area contributed by atoms with E-state index < -0.39 is 11.9 Å². The Labute approximate surface area is 183 Å². The Morgan fingerprint density at radius 3 is 2.81 bits per heavy atom. The third-order valence-corrected chi connectivity index (χ3v) is 5.52. The zero-order valence-corrected chi connectivity index (χ0v) is 17.5. The van der Waals surface area contributed by atoms with E-state index in [1.54, 1.807) is 16.8 Å². The highest BCUT2D eigenvalue weighted by molar-refractivity contribution is 9.10. The standard InChI is InChI=1S/C19H16BrFN8O2/c20-13-6-11(21)2-1-9(13)7-22-17-26-15-10(5-14-16(30)27-19(31)25-14)8-23-29(15)18(28-17)24-12-3-4-12/h1-2,5-6,8,12H,3-4,7H2,(H2,22,24,26,28)(H2,25,27,30,31). The average Bonchev–Trinajstić information content (AvgIpc) is 3.36. The molecule has 0 radical (unpaired) electrons. The quantitative estimate of drug-likeness (QED) is 0.311. The van der Waals surface area contributed by atoms with Crippen LogP contribution in [0.2, 0.25) is 0 Å². The predicted molar refractivity (Wildman–Crippen MR) is 114 cm³/mol. The lowest BCUT2D eigenvalue weighted by Gasteiger charge is -2.11. The van der Waals surface area contributed by atoms with E-state index in [9.17, 15) is 14.0 Å². The summed E-state index contributed by atoms with van der Waals surface area (Å²) < 4.78 is 15.5. The number of benzene rings is 1. The number of amides is 3. The summed E-state index contributed by atoms with van der Waals surface area (Å²) in [5.41, 5.74) is 1.95. The van der Waals surface area contributed by atoms with Crippen molar-refractivity contribution < 1.29 is 14.0 Å². The molecule has 2 aliphatic rings. The van der Waals surface area contributed by atoms with E-state index in [0.717, 1.165) is 18.4 Å². The van der Waals surface area contributed by atoms with E-state index in [1.807, 2.05) is 0 Å². The van der Waals surface area contributed by atoms with Crippen molar-refractivity contribution in [2.45, 2.75) is 25.4 Å². The summed E-state index contributed by atoms with van der Waals surface area (Å²) >= 11 is 3.35. The van der Waals surface area contributed by atoms with Crippen LogP contribution in [-0.4, -0.2) is 37.6 Å². The fourth-order valence-electron chi connectivity index (χ4n) is 3.06. The molecule has 10 nitrogen and oxygen atoms in total. The highest BCUT2D eigenvalue weighted by Crippen LogP contribution is 2.26. The van der Waals surface area contributed by atoms with Gasteiger partial charge in [-0.2, -0.15) is 19.6 Å². The molecule has 3 heterocycles. The van der Waals surface area contributed by atoms with Crippen LogP contribution in [0.15, 0.2) is 34.6 Å². The number of anilines is 2. The topological polar surface area (TPSA) is 125 Å². The van der Waals surface area contributed by atoms with E-state index in [-0.39, 0.29) is 11.5 Å². The monoisotopic (exact) mass is 486 g/mol. The molecular weight excluding hydrogens is 471 g/mol. The highest BCUT2D eigenvalue weighted by atomic mass is 79.9. The van der Waals surface area contributed by atoms with E-state index in [0.29, 0.717) is 40.2 Å². The van der Waals surface area contributed by atoms with Gasteiger partial charge < -0.3 is 16.0 Å². The number of rotatable bonds is 6. The molecule has 1 aliphatic heterocycles. The van der Waals surface area contributed by atoms with E-state index in [1.165, 1.54) is 18.2 Å². The Bertz CT molecular complexity index is 1250. The molecule has 0 unspecified atom stereocenters. The summed E-state index contributed by atoms with van der Waals surface area (Å²) in [6, 6.07) is 4.19. The molecule has 0 atom stereocenters. The van der Waals surface area contributed by atoms with Gasteiger partial charge in [0.25, 0.3) is 5.91 Å². The number of hydrogen-bond donors (Lipinski definition) is 4. The number of imide groups is 1. The highest BCUT2D eigenvalue weighted by Gasteiger charge is 2.26. The molecule has 1 aliphatic carbocycles. The average molecular weight is 487 g/mol. The molecule has 1 saturated carbocycles. The summed E-state index contributed by atoms with van der Waals surface area (Å²) in [5.74, 6) is 0.00287. The van der Waals surface area contributed by atoms with Gasteiger partial charge in [-0.15, -0.1) is 0 Å². The van der Waals surface area contributed by atoms with Crippen LogP contribution < -0.4 is 21.3 Å². The lowest BCUT2D eigenvalue weighted by Crippen LogP contribution is -2.22. The molecule has 2 fully saturated rings. The first kappa shape index (κ1) is 19.4. The number of fused-ring (bicyclic) bond motifs is 1. The van der Waals surface area contributed by atoms with Crippen LogP contribution >= 0.6 is 15.9 Å². The molecule has 5 rings (SSSR count).